The lowest BCUT2D eigenvalue weighted by molar-refractivity contribution is 0.341. The molecule has 0 fully saturated rings. The molecule has 0 atom stereocenters. The van der Waals surface area contributed by atoms with E-state index in [9.17, 15) is 0 Å². The van der Waals surface area contributed by atoms with Crippen molar-refractivity contribution < 1.29 is 4.74 Å². The molecule has 0 bridgehead atoms. The van der Waals surface area contributed by atoms with Crippen LogP contribution in [0.25, 0.3) is 0 Å². The first-order chi connectivity index (χ1) is 8.42. The maximum Gasteiger partial charge on any atom is 0.142 e. The number of rotatable bonds is 6. The van der Waals surface area contributed by atoms with Crippen LogP contribution < -0.4 is 15.4 Å². The van der Waals surface area contributed by atoms with Crippen LogP contribution in [0, 0.1) is 0 Å². The summed E-state index contributed by atoms with van der Waals surface area (Å²) in [6, 6.07) is 5.63. The molecule has 1 aromatic rings. The Morgan fingerprint density at radius 2 is 1.94 bits per heavy atom. The Kier molecular flexibility index (Phi) is 5.76. The molecule has 0 amide bonds. The first-order valence-electron chi connectivity index (χ1n) is 6.33. The van der Waals surface area contributed by atoms with Crippen LogP contribution >= 0.6 is 11.6 Å². The van der Waals surface area contributed by atoms with Crippen molar-refractivity contribution in [2.45, 2.75) is 33.2 Å². The Hall–Kier alpha value is -0.930. The normalized spacial score (nSPS) is 11.4. The Bertz CT molecular complexity index is 375. The smallest absolute Gasteiger partial charge is 0.142 e. The molecule has 0 unspecified atom stereocenters. The number of hydrogen-bond donors (Lipinski definition) is 2. The van der Waals surface area contributed by atoms with E-state index in [0.717, 1.165) is 24.5 Å². The van der Waals surface area contributed by atoms with Crippen molar-refractivity contribution >= 4 is 17.3 Å². The van der Waals surface area contributed by atoms with Gasteiger partial charge in [0.15, 0.2) is 0 Å². The second kappa shape index (κ2) is 6.86. The Morgan fingerprint density at radius 1 is 1.22 bits per heavy atom. The predicted octanol–water partition coefficient (Wildman–Crippen LogP) is 3.54. The van der Waals surface area contributed by atoms with Gasteiger partial charge in [0, 0.05) is 23.7 Å². The molecule has 0 aliphatic heterocycles. The topological polar surface area (TPSA) is 33.3 Å². The van der Waals surface area contributed by atoms with Crippen molar-refractivity contribution in [3.05, 3.63) is 23.2 Å². The molecule has 0 spiro atoms. The zero-order chi connectivity index (χ0) is 13.6. The molecular weight excluding hydrogens is 248 g/mol. The van der Waals surface area contributed by atoms with Crippen LogP contribution in [0.5, 0.6) is 5.75 Å². The highest BCUT2D eigenvalue weighted by atomic mass is 35.5. The first kappa shape index (κ1) is 15.1. The fourth-order valence-corrected chi connectivity index (χ4v) is 1.73. The molecule has 0 radical (unpaired) electrons. The van der Waals surface area contributed by atoms with Gasteiger partial charge in [-0.05, 0) is 45.9 Å². The average molecular weight is 271 g/mol. The highest BCUT2D eigenvalue weighted by Gasteiger charge is 2.08. The quantitative estimate of drug-likeness (QED) is 0.776. The van der Waals surface area contributed by atoms with E-state index < -0.39 is 0 Å². The van der Waals surface area contributed by atoms with Gasteiger partial charge in [-0.25, -0.2) is 0 Å². The van der Waals surface area contributed by atoms with Crippen molar-refractivity contribution in [2.75, 3.05) is 25.0 Å². The third-order valence-corrected chi connectivity index (χ3v) is 2.57. The molecule has 2 N–H and O–H groups in total. The third-order valence-electron chi connectivity index (χ3n) is 2.34. The minimum absolute atomic E-state index is 0.138. The Morgan fingerprint density at radius 3 is 2.56 bits per heavy atom. The number of ether oxygens (including phenoxy) is 1. The summed E-state index contributed by atoms with van der Waals surface area (Å²) in [5.74, 6) is 0.845. The lowest BCUT2D eigenvalue weighted by atomic mass is 10.1. The maximum atomic E-state index is 5.99. The molecule has 18 heavy (non-hydrogen) atoms. The van der Waals surface area contributed by atoms with Gasteiger partial charge in [0.2, 0.25) is 0 Å². The number of anilines is 1. The molecule has 0 heterocycles. The van der Waals surface area contributed by atoms with Gasteiger partial charge in [-0.3, -0.25) is 0 Å². The molecule has 0 aliphatic carbocycles. The average Bonchev–Trinajstić information content (AvgIpc) is 2.27. The van der Waals surface area contributed by atoms with Crippen molar-refractivity contribution in [2.24, 2.45) is 0 Å². The van der Waals surface area contributed by atoms with Crippen molar-refractivity contribution in [1.29, 1.82) is 0 Å². The van der Waals surface area contributed by atoms with Crippen LogP contribution in [-0.4, -0.2) is 25.2 Å². The van der Waals surface area contributed by atoms with E-state index in [1.807, 2.05) is 25.1 Å². The van der Waals surface area contributed by atoms with Crippen LogP contribution in [0.3, 0.4) is 0 Å². The second-order valence-electron chi connectivity index (χ2n) is 5.18. The molecule has 4 heteroatoms. The molecular formula is C14H23ClN2O. The fourth-order valence-electron chi connectivity index (χ4n) is 1.56. The summed E-state index contributed by atoms with van der Waals surface area (Å²) >= 11 is 5.99. The molecule has 1 aromatic carbocycles. The number of hydrogen-bond acceptors (Lipinski definition) is 3. The van der Waals surface area contributed by atoms with E-state index in [0.29, 0.717) is 11.6 Å². The first-order valence-corrected chi connectivity index (χ1v) is 6.71. The van der Waals surface area contributed by atoms with Crippen LogP contribution in [0.1, 0.15) is 27.7 Å². The molecule has 0 aromatic heterocycles. The lowest BCUT2D eigenvalue weighted by Crippen LogP contribution is -2.38. The van der Waals surface area contributed by atoms with Crippen LogP contribution in [0.15, 0.2) is 18.2 Å². The van der Waals surface area contributed by atoms with E-state index in [4.69, 9.17) is 16.3 Å². The van der Waals surface area contributed by atoms with Crippen molar-refractivity contribution in [1.82, 2.24) is 5.32 Å². The minimum atomic E-state index is 0.138. The Labute approximate surface area is 115 Å². The zero-order valence-corrected chi connectivity index (χ0v) is 12.4. The van der Waals surface area contributed by atoms with Crippen molar-refractivity contribution in [3.8, 4) is 5.75 Å². The summed E-state index contributed by atoms with van der Waals surface area (Å²) < 4.78 is 5.55. The third kappa shape index (κ3) is 5.61. The SMILES string of the molecule is CCOc1ccc(Cl)cc1NCCNC(C)(C)C. The van der Waals surface area contributed by atoms with Gasteiger partial charge < -0.3 is 15.4 Å². The summed E-state index contributed by atoms with van der Waals surface area (Å²) in [4.78, 5) is 0. The number of nitrogens with one attached hydrogen (secondary N) is 2. The highest BCUT2D eigenvalue weighted by molar-refractivity contribution is 6.30. The van der Waals surface area contributed by atoms with E-state index in [-0.39, 0.29) is 5.54 Å². The minimum Gasteiger partial charge on any atom is -0.492 e. The van der Waals surface area contributed by atoms with Gasteiger partial charge in [0.05, 0.1) is 12.3 Å². The summed E-state index contributed by atoms with van der Waals surface area (Å²) in [5, 5.41) is 7.47. The zero-order valence-electron chi connectivity index (χ0n) is 11.6. The Balaban J connectivity index is 2.52. The summed E-state index contributed by atoms with van der Waals surface area (Å²) in [7, 11) is 0. The standard InChI is InChI=1S/C14H23ClN2O/c1-5-18-13-7-6-11(15)10-12(13)16-8-9-17-14(2,3)4/h6-7,10,16-17H,5,8-9H2,1-4H3. The second-order valence-corrected chi connectivity index (χ2v) is 5.61. The number of halogens is 1. The van der Waals surface area contributed by atoms with E-state index in [1.165, 1.54) is 0 Å². The van der Waals surface area contributed by atoms with Gasteiger partial charge in [-0.2, -0.15) is 0 Å². The van der Waals surface area contributed by atoms with E-state index in [1.54, 1.807) is 0 Å². The van der Waals surface area contributed by atoms with Gasteiger partial charge in [-0.1, -0.05) is 11.6 Å². The van der Waals surface area contributed by atoms with Crippen LogP contribution in [0.2, 0.25) is 5.02 Å². The van der Waals surface area contributed by atoms with Gasteiger partial charge >= 0.3 is 0 Å². The summed E-state index contributed by atoms with van der Waals surface area (Å²) in [6.07, 6.45) is 0. The van der Waals surface area contributed by atoms with E-state index >= 15 is 0 Å². The molecule has 0 saturated heterocycles. The summed E-state index contributed by atoms with van der Waals surface area (Å²) in [6.45, 7) is 10.8. The largest absolute Gasteiger partial charge is 0.492 e. The molecule has 0 aliphatic rings. The highest BCUT2D eigenvalue weighted by Crippen LogP contribution is 2.27. The molecule has 3 nitrogen and oxygen atoms in total. The van der Waals surface area contributed by atoms with Crippen molar-refractivity contribution in [3.63, 3.8) is 0 Å². The van der Waals surface area contributed by atoms with Gasteiger partial charge in [0.25, 0.3) is 0 Å². The number of benzene rings is 1. The molecule has 1 rings (SSSR count). The van der Waals surface area contributed by atoms with Gasteiger partial charge in [-0.15, -0.1) is 0 Å². The maximum absolute atomic E-state index is 5.99. The molecule has 0 saturated carbocycles. The lowest BCUT2D eigenvalue weighted by Gasteiger charge is -2.21. The molecule has 102 valence electrons. The predicted molar refractivity (Wildman–Crippen MR) is 78.9 cm³/mol. The fraction of sp³-hybridized carbons (Fsp3) is 0.571. The van der Waals surface area contributed by atoms with Crippen LogP contribution in [0.4, 0.5) is 5.69 Å². The van der Waals surface area contributed by atoms with Crippen LogP contribution in [-0.2, 0) is 0 Å². The van der Waals surface area contributed by atoms with E-state index in [2.05, 4.69) is 31.4 Å². The van der Waals surface area contributed by atoms with Gasteiger partial charge in [0.1, 0.15) is 5.75 Å². The monoisotopic (exact) mass is 270 g/mol. The summed E-state index contributed by atoms with van der Waals surface area (Å²) in [5.41, 5.74) is 1.08.